The molecule has 0 bridgehead atoms. The van der Waals surface area contributed by atoms with E-state index in [-0.39, 0.29) is 23.0 Å². The number of piperidine rings is 1. The largest absolute Gasteiger partial charge is 0.451 e. The molecule has 6 heteroatoms. The van der Waals surface area contributed by atoms with Crippen LogP contribution in [0.5, 0.6) is 0 Å². The van der Waals surface area contributed by atoms with Crippen LogP contribution in [0.25, 0.3) is 11.0 Å². The highest BCUT2D eigenvalue weighted by atomic mass is 16.3. The zero-order valence-electron chi connectivity index (χ0n) is 14.0. The second-order valence-electron chi connectivity index (χ2n) is 6.53. The van der Waals surface area contributed by atoms with Crippen molar-refractivity contribution in [3.05, 3.63) is 63.8 Å². The van der Waals surface area contributed by atoms with Crippen LogP contribution in [0, 0.1) is 6.92 Å². The Kier molecular flexibility index (Phi) is 3.87. The van der Waals surface area contributed by atoms with Crippen molar-refractivity contribution in [3.8, 4) is 0 Å². The van der Waals surface area contributed by atoms with E-state index in [0.29, 0.717) is 24.1 Å². The maximum Gasteiger partial charge on any atom is 0.289 e. The molecule has 3 heterocycles. The van der Waals surface area contributed by atoms with E-state index in [9.17, 15) is 9.59 Å². The van der Waals surface area contributed by atoms with Gasteiger partial charge in [-0.15, -0.1) is 0 Å². The number of carbonyl (C=O) groups is 1. The molecule has 6 nitrogen and oxygen atoms in total. The summed E-state index contributed by atoms with van der Waals surface area (Å²) in [5, 5.41) is 7.62. The van der Waals surface area contributed by atoms with Crippen LogP contribution in [0.15, 0.2) is 45.7 Å². The lowest BCUT2D eigenvalue weighted by Gasteiger charge is -2.32. The first-order valence-electron chi connectivity index (χ1n) is 8.45. The van der Waals surface area contributed by atoms with Gasteiger partial charge in [-0.2, -0.15) is 5.10 Å². The van der Waals surface area contributed by atoms with Crippen molar-refractivity contribution in [1.82, 2.24) is 15.1 Å². The van der Waals surface area contributed by atoms with Crippen molar-refractivity contribution < 1.29 is 9.21 Å². The Morgan fingerprint density at radius 3 is 3.00 bits per heavy atom. The molecule has 1 atom stereocenters. The molecule has 1 aromatic carbocycles. The van der Waals surface area contributed by atoms with Gasteiger partial charge in [0.05, 0.1) is 11.6 Å². The summed E-state index contributed by atoms with van der Waals surface area (Å²) < 4.78 is 5.70. The van der Waals surface area contributed by atoms with Gasteiger partial charge < -0.3 is 9.32 Å². The molecular formula is C19H19N3O3. The summed E-state index contributed by atoms with van der Waals surface area (Å²) in [6.45, 7) is 3.28. The summed E-state index contributed by atoms with van der Waals surface area (Å²) in [7, 11) is 0. The third-order valence-electron chi connectivity index (χ3n) is 4.83. The molecule has 0 saturated carbocycles. The Hall–Kier alpha value is -2.89. The predicted octanol–water partition coefficient (Wildman–Crippen LogP) is 2.84. The van der Waals surface area contributed by atoms with E-state index in [1.165, 1.54) is 6.07 Å². The first-order chi connectivity index (χ1) is 12.1. The fraction of sp³-hybridized carbons (Fsp3) is 0.316. The topological polar surface area (TPSA) is 79.2 Å². The zero-order chi connectivity index (χ0) is 17.4. The molecule has 4 rings (SSSR count). The number of hydrogen-bond acceptors (Lipinski definition) is 4. The average molecular weight is 337 g/mol. The van der Waals surface area contributed by atoms with Crippen LogP contribution in [0.4, 0.5) is 0 Å². The van der Waals surface area contributed by atoms with E-state index in [1.54, 1.807) is 35.4 Å². The summed E-state index contributed by atoms with van der Waals surface area (Å²) in [4.78, 5) is 26.9. The van der Waals surface area contributed by atoms with E-state index in [4.69, 9.17) is 4.42 Å². The molecule has 0 unspecified atom stereocenters. The number of fused-ring (bicyclic) bond motifs is 1. The van der Waals surface area contributed by atoms with E-state index < -0.39 is 0 Å². The fourth-order valence-electron chi connectivity index (χ4n) is 3.53. The minimum atomic E-state index is -0.232. The van der Waals surface area contributed by atoms with Gasteiger partial charge in [0.15, 0.2) is 11.2 Å². The normalized spacial score (nSPS) is 17.8. The summed E-state index contributed by atoms with van der Waals surface area (Å²) in [5.74, 6) is 0.0998. The number of hydrogen-bond donors (Lipinski definition) is 1. The number of likely N-dealkylation sites (tertiary alicyclic amines) is 1. The highest BCUT2D eigenvalue weighted by Gasteiger charge is 2.28. The van der Waals surface area contributed by atoms with Gasteiger partial charge in [-0.3, -0.25) is 14.7 Å². The summed E-state index contributed by atoms with van der Waals surface area (Å²) in [6.07, 6.45) is 3.72. The molecular weight excluding hydrogens is 318 g/mol. The predicted molar refractivity (Wildman–Crippen MR) is 93.7 cm³/mol. The number of nitrogens with one attached hydrogen (secondary N) is 1. The minimum absolute atomic E-state index is 0.102. The van der Waals surface area contributed by atoms with E-state index in [2.05, 4.69) is 10.2 Å². The number of aromatic amines is 1. The van der Waals surface area contributed by atoms with E-state index in [0.717, 1.165) is 24.1 Å². The highest BCUT2D eigenvalue weighted by Crippen LogP contribution is 2.28. The van der Waals surface area contributed by atoms with Crippen LogP contribution in [0.3, 0.4) is 0 Å². The Balaban J connectivity index is 1.62. The first kappa shape index (κ1) is 15.6. The monoisotopic (exact) mass is 337 g/mol. The van der Waals surface area contributed by atoms with Crippen LogP contribution in [0.2, 0.25) is 0 Å². The lowest BCUT2D eigenvalue weighted by Crippen LogP contribution is -2.39. The van der Waals surface area contributed by atoms with Gasteiger partial charge in [0.1, 0.15) is 5.58 Å². The molecule has 128 valence electrons. The van der Waals surface area contributed by atoms with Gasteiger partial charge in [-0.05, 0) is 37.5 Å². The molecule has 25 heavy (non-hydrogen) atoms. The van der Waals surface area contributed by atoms with Crippen molar-refractivity contribution in [3.63, 3.8) is 0 Å². The Labute approximate surface area is 144 Å². The van der Waals surface area contributed by atoms with Crippen LogP contribution in [-0.2, 0) is 0 Å². The maximum absolute atomic E-state index is 12.9. The molecule has 0 spiro atoms. The third kappa shape index (κ3) is 2.84. The molecule has 0 aliphatic carbocycles. The maximum atomic E-state index is 12.9. The molecule has 2 aromatic heterocycles. The third-order valence-corrected chi connectivity index (χ3v) is 4.83. The zero-order valence-corrected chi connectivity index (χ0v) is 14.0. The minimum Gasteiger partial charge on any atom is -0.451 e. The molecule has 1 fully saturated rings. The molecule has 1 aliphatic rings. The molecule has 1 saturated heterocycles. The number of carbonyl (C=O) groups excluding carboxylic acids is 1. The Morgan fingerprint density at radius 2 is 2.20 bits per heavy atom. The van der Waals surface area contributed by atoms with Crippen molar-refractivity contribution in [2.45, 2.75) is 25.7 Å². The number of aryl methyl sites for hydroxylation is 1. The van der Waals surface area contributed by atoms with Crippen molar-refractivity contribution in [1.29, 1.82) is 0 Å². The van der Waals surface area contributed by atoms with Gasteiger partial charge in [0.25, 0.3) is 5.91 Å². The second-order valence-corrected chi connectivity index (χ2v) is 6.53. The quantitative estimate of drug-likeness (QED) is 0.780. The SMILES string of the molecule is Cc1cn[nH]c1[C@H]1CCCN(C(=O)c2cc(=O)c3ccccc3o2)C1. The molecule has 1 amide bonds. The van der Waals surface area contributed by atoms with Crippen LogP contribution >= 0.6 is 0 Å². The number of nitrogens with zero attached hydrogens (tertiary/aromatic N) is 2. The van der Waals surface area contributed by atoms with Crippen molar-refractivity contribution in [2.75, 3.05) is 13.1 Å². The van der Waals surface area contributed by atoms with E-state index in [1.807, 2.05) is 6.92 Å². The standard InChI is InChI=1S/C19H19N3O3/c1-12-10-20-21-18(12)13-5-4-8-22(11-13)19(24)17-9-15(23)14-6-2-3-7-16(14)25-17/h2-3,6-7,9-10,13H,4-5,8,11H2,1H3,(H,20,21)/t13-/m0/s1. The van der Waals surface area contributed by atoms with Gasteiger partial charge in [0.2, 0.25) is 0 Å². The summed E-state index contributed by atoms with van der Waals surface area (Å²) in [5.41, 5.74) is 2.44. The Morgan fingerprint density at radius 1 is 1.36 bits per heavy atom. The van der Waals surface area contributed by atoms with Crippen molar-refractivity contribution in [2.24, 2.45) is 0 Å². The number of amides is 1. The van der Waals surface area contributed by atoms with Gasteiger partial charge >= 0.3 is 0 Å². The van der Waals surface area contributed by atoms with Gasteiger partial charge in [0, 0.05) is 30.8 Å². The van der Waals surface area contributed by atoms with E-state index >= 15 is 0 Å². The Bertz CT molecular complexity index is 989. The number of benzene rings is 1. The molecule has 0 radical (unpaired) electrons. The number of para-hydroxylation sites is 1. The van der Waals surface area contributed by atoms with Crippen LogP contribution < -0.4 is 5.43 Å². The number of rotatable bonds is 2. The first-order valence-corrected chi connectivity index (χ1v) is 8.45. The van der Waals surface area contributed by atoms with Gasteiger partial charge in [-0.25, -0.2) is 0 Å². The van der Waals surface area contributed by atoms with Crippen LogP contribution in [-0.4, -0.2) is 34.1 Å². The second kappa shape index (κ2) is 6.20. The summed E-state index contributed by atoms with van der Waals surface area (Å²) in [6, 6.07) is 8.28. The molecule has 1 N–H and O–H groups in total. The lowest BCUT2D eigenvalue weighted by atomic mass is 9.93. The highest BCUT2D eigenvalue weighted by molar-refractivity contribution is 5.93. The lowest BCUT2D eigenvalue weighted by molar-refractivity contribution is 0.0674. The average Bonchev–Trinajstić information content (AvgIpc) is 3.07. The van der Waals surface area contributed by atoms with Crippen LogP contribution in [0.1, 0.15) is 40.6 Å². The number of H-pyrrole nitrogens is 1. The summed E-state index contributed by atoms with van der Waals surface area (Å²) >= 11 is 0. The fourth-order valence-corrected chi connectivity index (χ4v) is 3.53. The smallest absolute Gasteiger partial charge is 0.289 e. The molecule has 3 aromatic rings. The van der Waals surface area contributed by atoms with Gasteiger partial charge in [-0.1, -0.05) is 12.1 Å². The van der Waals surface area contributed by atoms with Crippen molar-refractivity contribution >= 4 is 16.9 Å². The molecule has 1 aliphatic heterocycles. The number of aromatic nitrogens is 2.